The molecule has 0 heterocycles. The first-order chi connectivity index (χ1) is 8.18. The quantitative estimate of drug-likeness (QED) is 0.895. The van der Waals surface area contributed by atoms with Gasteiger partial charge in [0.25, 0.3) is 0 Å². The average Bonchev–Trinajstić information content (AvgIpc) is 2.82. The Balaban J connectivity index is 2.10. The molecule has 1 atom stereocenters. The molecule has 0 saturated heterocycles. The summed E-state index contributed by atoms with van der Waals surface area (Å²) in [5, 5.41) is 0.798. The van der Waals surface area contributed by atoms with Crippen molar-refractivity contribution in [3.8, 4) is 0 Å². The topological polar surface area (TPSA) is 35.2 Å². The second-order valence-corrected chi connectivity index (χ2v) is 5.29. The van der Waals surface area contributed by atoms with Crippen molar-refractivity contribution in [2.45, 2.75) is 43.7 Å². The number of halogens is 1. The molecule has 1 aliphatic carbocycles. The molecule has 2 rings (SSSR count). The van der Waals surface area contributed by atoms with Gasteiger partial charge in [-0.1, -0.05) is 42.6 Å². The lowest BCUT2D eigenvalue weighted by Crippen LogP contribution is -2.48. The van der Waals surface area contributed by atoms with E-state index in [0.717, 1.165) is 29.8 Å². The molecule has 94 valence electrons. The highest BCUT2D eigenvalue weighted by Gasteiger charge is 2.39. The summed E-state index contributed by atoms with van der Waals surface area (Å²) in [6, 6.07) is 7.93. The van der Waals surface area contributed by atoms with Crippen molar-refractivity contribution in [3.05, 3.63) is 34.9 Å². The molecule has 0 bridgehead atoms. The number of ether oxygens (including phenoxy) is 1. The SMILES string of the molecule is COC1(C(N)Cc2ccccc2Cl)CCCC1. The van der Waals surface area contributed by atoms with Gasteiger partial charge in [0.15, 0.2) is 0 Å². The Kier molecular flexibility index (Phi) is 4.08. The van der Waals surface area contributed by atoms with Crippen LogP contribution >= 0.6 is 11.6 Å². The molecule has 0 radical (unpaired) electrons. The van der Waals surface area contributed by atoms with E-state index in [2.05, 4.69) is 0 Å². The van der Waals surface area contributed by atoms with Gasteiger partial charge in [-0.2, -0.15) is 0 Å². The van der Waals surface area contributed by atoms with E-state index in [-0.39, 0.29) is 11.6 Å². The highest BCUT2D eigenvalue weighted by atomic mass is 35.5. The molecule has 1 aromatic carbocycles. The van der Waals surface area contributed by atoms with Crippen LogP contribution in [-0.2, 0) is 11.2 Å². The van der Waals surface area contributed by atoms with Crippen LogP contribution in [0, 0.1) is 0 Å². The molecule has 1 aromatic rings. The van der Waals surface area contributed by atoms with Gasteiger partial charge < -0.3 is 10.5 Å². The molecule has 1 fully saturated rings. The van der Waals surface area contributed by atoms with Crippen LogP contribution < -0.4 is 5.73 Å². The van der Waals surface area contributed by atoms with E-state index in [1.54, 1.807) is 7.11 Å². The summed E-state index contributed by atoms with van der Waals surface area (Å²) in [4.78, 5) is 0. The zero-order valence-electron chi connectivity index (χ0n) is 10.3. The molecule has 1 unspecified atom stereocenters. The fourth-order valence-electron chi connectivity index (χ4n) is 2.79. The van der Waals surface area contributed by atoms with E-state index in [4.69, 9.17) is 22.1 Å². The molecular formula is C14H20ClNO. The van der Waals surface area contributed by atoms with Gasteiger partial charge in [0.1, 0.15) is 0 Å². The summed E-state index contributed by atoms with van der Waals surface area (Å²) in [5.41, 5.74) is 7.32. The minimum absolute atomic E-state index is 0.0231. The number of methoxy groups -OCH3 is 1. The van der Waals surface area contributed by atoms with Gasteiger partial charge in [0, 0.05) is 18.2 Å². The summed E-state index contributed by atoms with van der Waals surface area (Å²) >= 11 is 6.17. The van der Waals surface area contributed by atoms with Crippen LogP contribution in [0.4, 0.5) is 0 Å². The van der Waals surface area contributed by atoms with Crippen LogP contribution in [0.5, 0.6) is 0 Å². The fraction of sp³-hybridized carbons (Fsp3) is 0.571. The first kappa shape index (κ1) is 12.9. The summed E-state index contributed by atoms with van der Waals surface area (Å²) in [6.45, 7) is 0. The van der Waals surface area contributed by atoms with Gasteiger partial charge in [0.05, 0.1) is 5.60 Å². The third-order valence-electron chi connectivity index (χ3n) is 3.93. The minimum Gasteiger partial charge on any atom is -0.377 e. The standard InChI is InChI=1S/C14H20ClNO/c1-17-14(8-4-5-9-14)13(16)10-11-6-2-3-7-12(11)15/h2-3,6-7,13H,4-5,8-10,16H2,1H3. The lowest BCUT2D eigenvalue weighted by Gasteiger charge is -2.34. The Bertz CT molecular complexity index is 374. The van der Waals surface area contributed by atoms with E-state index in [9.17, 15) is 0 Å². The third kappa shape index (κ3) is 2.65. The predicted molar refractivity (Wildman–Crippen MR) is 71.3 cm³/mol. The van der Waals surface area contributed by atoms with Gasteiger partial charge in [-0.25, -0.2) is 0 Å². The molecule has 0 spiro atoms. The van der Waals surface area contributed by atoms with Gasteiger partial charge >= 0.3 is 0 Å². The number of hydrogen-bond acceptors (Lipinski definition) is 2. The van der Waals surface area contributed by atoms with E-state index < -0.39 is 0 Å². The zero-order chi connectivity index (χ0) is 12.3. The van der Waals surface area contributed by atoms with Crippen LogP contribution in [0.15, 0.2) is 24.3 Å². The zero-order valence-corrected chi connectivity index (χ0v) is 11.0. The monoisotopic (exact) mass is 253 g/mol. The van der Waals surface area contributed by atoms with Gasteiger partial charge in [-0.3, -0.25) is 0 Å². The molecule has 1 saturated carbocycles. The van der Waals surface area contributed by atoms with Crippen LogP contribution in [-0.4, -0.2) is 18.8 Å². The average molecular weight is 254 g/mol. The highest BCUT2D eigenvalue weighted by molar-refractivity contribution is 6.31. The molecule has 0 aromatic heterocycles. The Labute approximate surface area is 108 Å². The molecule has 2 nitrogen and oxygen atoms in total. The van der Waals surface area contributed by atoms with Crippen molar-refractivity contribution in [2.75, 3.05) is 7.11 Å². The number of hydrogen-bond donors (Lipinski definition) is 1. The summed E-state index contributed by atoms with van der Waals surface area (Å²) in [5.74, 6) is 0. The second-order valence-electron chi connectivity index (χ2n) is 4.88. The van der Waals surface area contributed by atoms with E-state index >= 15 is 0 Å². The van der Waals surface area contributed by atoms with Crippen molar-refractivity contribution in [3.63, 3.8) is 0 Å². The number of benzene rings is 1. The van der Waals surface area contributed by atoms with Crippen LogP contribution in [0.1, 0.15) is 31.2 Å². The Morgan fingerprint density at radius 2 is 2.00 bits per heavy atom. The molecule has 0 amide bonds. The van der Waals surface area contributed by atoms with E-state index in [1.165, 1.54) is 12.8 Å². The summed E-state index contributed by atoms with van der Waals surface area (Å²) < 4.78 is 5.70. The van der Waals surface area contributed by atoms with Crippen LogP contribution in [0.25, 0.3) is 0 Å². The molecule has 17 heavy (non-hydrogen) atoms. The number of nitrogens with two attached hydrogens (primary N) is 1. The molecular weight excluding hydrogens is 234 g/mol. The van der Waals surface area contributed by atoms with Crippen molar-refractivity contribution in [1.29, 1.82) is 0 Å². The summed E-state index contributed by atoms with van der Waals surface area (Å²) in [6.07, 6.45) is 5.34. The largest absolute Gasteiger partial charge is 0.377 e. The maximum Gasteiger partial charge on any atom is 0.0832 e. The molecule has 1 aliphatic rings. The lowest BCUT2D eigenvalue weighted by molar-refractivity contribution is -0.0253. The normalized spacial score (nSPS) is 20.4. The van der Waals surface area contributed by atoms with Crippen molar-refractivity contribution >= 4 is 11.6 Å². The second kappa shape index (κ2) is 5.38. The predicted octanol–water partition coefficient (Wildman–Crippen LogP) is 3.17. The smallest absolute Gasteiger partial charge is 0.0832 e. The minimum atomic E-state index is -0.140. The third-order valence-corrected chi connectivity index (χ3v) is 4.30. The van der Waals surface area contributed by atoms with Crippen molar-refractivity contribution < 1.29 is 4.74 Å². The Hall–Kier alpha value is -0.570. The number of rotatable bonds is 4. The van der Waals surface area contributed by atoms with Crippen molar-refractivity contribution in [2.24, 2.45) is 5.73 Å². The lowest BCUT2D eigenvalue weighted by atomic mass is 9.88. The maximum atomic E-state index is 6.34. The molecule has 3 heteroatoms. The fourth-order valence-corrected chi connectivity index (χ4v) is 3.00. The first-order valence-corrected chi connectivity index (χ1v) is 6.60. The van der Waals surface area contributed by atoms with Crippen LogP contribution in [0.3, 0.4) is 0 Å². The van der Waals surface area contributed by atoms with E-state index in [1.807, 2.05) is 24.3 Å². The molecule has 2 N–H and O–H groups in total. The molecule has 0 aliphatic heterocycles. The summed E-state index contributed by atoms with van der Waals surface area (Å²) in [7, 11) is 1.78. The Morgan fingerprint density at radius 1 is 1.35 bits per heavy atom. The Morgan fingerprint density at radius 3 is 2.59 bits per heavy atom. The van der Waals surface area contributed by atoms with Gasteiger partial charge in [0.2, 0.25) is 0 Å². The van der Waals surface area contributed by atoms with Gasteiger partial charge in [-0.15, -0.1) is 0 Å². The first-order valence-electron chi connectivity index (χ1n) is 6.22. The van der Waals surface area contributed by atoms with E-state index in [0.29, 0.717) is 0 Å². The highest BCUT2D eigenvalue weighted by Crippen LogP contribution is 2.36. The van der Waals surface area contributed by atoms with Crippen molar-refractivity contribution in [1.82, 2.24) is 0 Å². The van der Waals surface area contributed by atoms with Gasteiger partial charge in [-0.05, 0) is 30.9 Å². The maximum absolute atomic E-state index is 6.34. The van der Waals surface area contributed by atoms with Crippen LogP contribution in [0.2, 0.25) is 5.02 Å².